The minimum Gasteiger partial charge on any atom is -0.492 e. The van der Waals surface area contributed by atoms with Gasteiger partial charge in [0.15, 0.2) is 0 Å². The second-order valence-corrected chi connectivity index (χ2v) is 12.1. The van der Waals surface area contributed by atoms with Crippen molar-refractivity contribution in [3.63, 3.8) is 0 Å². The molecule has 1 unspecified atom stereocenters. The van der Waals surface area contributed by atoms with Crippen LogP contribution in [0, 0.1) is 0 Å². The maximum absolute atomic E-state index is 14.0. The number of sulfonamides is 1. The van der Waals surface area contributed by atoms with E-state index in [1.54, 1.807) is 62.4 Å². The van der Waals surface area contributed by atoms with Gasteiger partial charge in [0.1, 0.15) is 18.3 Å². The smallest absolute Gasteiger partial charge is 0.264 e. The standard InChI is InChI=1S/C29H33Cl2N3O5S/c1-5-39-27-12-7-6-11-26(27)34(40(37,38)25-15-13-23(30)14-16-25)19-28(35)33(21(4)29(36)32-20(2)3)18-22-9-8-10-24(31)17-22/h6-17,20-21H,5,18-19H2,1-4H3,(H,32,36). The number of hydrogen-bond donors (Lipinski definition) is 1. The lowest BCUT2D eigenvalue weighted by Crippen LogP contribution is -2.52. The van der Waals surface area contributed by atoms with Crippen LogP contribution in [-0.4, -0.2) is 50.4 Å². The fraction of sp³-hybridized carbons (Fsp3) is 0.310. The van der Waals surface area contributed by atoms with E-state index < -0.39 is 28.5 Å². The molecule has 0 aliphatic carbocycles. The number of para-hydroxylation sites is 2. The third-order valence-corrected chi connectivity index (χ3v) is 8.22. The van der Waals surface area contributed by atoms with Crippen LogP contribution in [0.3, 0.4) is 0 Å². The van der Waals surface area contributed by atoms with Crippen molar-refractivity contribution in [3.8, 4) is 5.75 Å². The van der Waals surface area contributed by atoms with Gasteiger partial charge in [0.25, 0.3) is 10.0 Å². The number of carbonyl (C=O) groups excluding carboxylic acids is 2. The lowest BCUT2D eigenvalue weighted by atomic mass is 10.1. The zero-order valence-electron chi connectivity index (χ0n) is 22.8. The summed E-state index contributed by atoms with van der Waals surface area (Å²) >= 11 is 12.2. The number of carbonyl (C=O) groups is 2. The molecule has 0 saturated carbocycles. The van der Waals surface area contributed by atoms with Gasteiger partial charge < -0.3 is 15.0 Å². The lowest BCUT2D eigenvalue weighted by molar-refractivity contribution is -0.139. The molecule has 0 aliphatic heterocycles. The Bertz CT molecular complexity index is 1430. The van der Waals surface area contributed by atoms with E-state index in [2.05, 4.69) is 5.32 Å². The van der Waals surface area contributed by atoms with Gasteiger partial charge in [0.05, 0.1) is 17.2 Å². The number of ether oxygens (including phenoxy) is 1. The Morgan fingerprint density at radius 2 is 1.60 bits per heavy atom. The van der Waals surface area contributed by atoms with Gasteiger partial charge in [-0.15, -0.1) is 0 Å². The molecule has 3 aromatic rings. The van der Waals surface area contributed by atoms with Crippen LogP contribution < -0.4 is 14.4 Å². The van der Waals surface area contributed by atoms with Gasteiger partial charge in [-0.3, -0.25) is 13.9 Å². The Balaban J connectivity index is 2.09. The quantitative estimate of drug-likeness (QED) is 0.293. The van der Waals surface area contributed by atoms with Crippen LogP contribution in [0.4, 0.5) is 5.69 Å². The predicted molar refractivity (Wildman–Crippen MR) is 158 cm³/mol. The van der Waals surface area contributed by atoms with E-state index in [-0.39, 0.29) is 35.7 Å². The molecule has 0 saturated heterocycles. The summed E-state index contributed by atoms with van der Waals surface area (Å²) in [5.41, 5.74) is 0.876. The van der Waals surface area contributed by atoms with Crippen molar-refractivity contribution in [3.05, 3.63) is 88.4 Å². The molecular weight excluding hydrogens is 573 g/mol. The van der Waals surface area contributed by atoms with Crippen molar-refractivity contribution < 1.29 is 22.7 Å². The molecule has 0 radical (unpaired) electrons. The Labute approximate surface area is 245 Å². The maximum Gasteiger partial charge on any atom is 0.264 e. The van der Waals surface area contributed by atoms with Crippen molar-refractivity contribution in [2.45, 2.75) is 51.2 Å². The molecule has 11 heteroatoms. The Morgan fingerprint density at radius 3 is 2.23 bits per heavy atom. The average Bonchev–Trinajstić information content (AvgIpc) is 2.90. The van der Waals surface area contributed by atoms with Gasteiger partial charge in [-0.1, -0.05) is 47.5 Å². The molecule has 0 heterocycles. The van der Waals surface area contributed by atoms with Crippen LogP contribution >= 0.6 is 23.2 Å². The summed E-state index contributed by atoms with van der Waals surface area (Å²) < 4.78 is 34.7. The zero-order valence-corrected chi connectivity index (χ0v) is 25.1. The highest BCUT2D eigenvalue weighted by Crippen LogP contribution is 2.33. The first-order chi connectivity index (χ1) is 18.9. The third-order valence-electron chi connectivity index (χ3n) is 5.95. The number of amides is 2. The maximum atomic E-state index is 14.0. The monoisotopic (exact) mass is 605 g/mol. The number of hydrogen-bond acceptors (Lipinski definition) is 5. The van der Waals surface area contributed by atoms with Crippen LogP contribution in [0.15, 0.2) is 77.7 Å². The SMILES string of the molecule is CCOc1ccccc1N(CC(=O)N(Cc1cccc(Cl)c1)C(C)C(=O)NC(C)C)S(=O)(=O)c1ccc(Cl)cc1. The Hall–Kier alpha value is -3.27. The summed E-state index contributed by atoms with van der Waals surface area (Å²) in [4.78, 5) is 28.3. The van der Waals surface area contributed by atoms with Crippen molar-refractivity contribution in [1.82, 2.24) is 10.2 Å². The van der Waals surface area contributed by atoms with Crippen LogP contribution in [-0.2, 0) is 26.2 Å². The summed E-state index contributed by atoms with van der Waals surface area (Å²) in [6.07, 6.45) is 0. The second-order valence-electron chi connectivity index (χ2n) is 9.36. The number of nitrogens with one attached hydrogen (secondary N) is 1. The highest BCUT2D eigenvalue weighted by Gasteiger charge is 2.34. The van der Waals surface area contributed by atoms with E-state index >= 15 is 0 Å². The average molecular weight is 607 g/mol. The van der Waals surface area contributed by atoms with Crippen LogP contribution in [0.1, 0.15) is 33.3 Å². The number of anilines is 1. The Morgan fingerprint density at radius 1 is 0.925 bits per heavy atom. The summed E-state index contributed by atoms with van der Waals surface area (Å²) in [6.45, 7) is 6.75. The van der Waals surface area contributed by atoms with Crippen molar-refractivity contribution in [2.75, 3.05) is 17.5 Å². The van der Waals surface area contributed by atoms with Crippen LogP contribution in [0.25, 0.3) is 0 Å². The molecule has 1 N–H and O–H groups in total. The molecular formula is C29H33Cl2N3O5S. The minimum atomic E-state index is -4.26. The van der Waals surface area contributed by atoms with E-state index in [4.69, 9.17) is 27.9 Å². The summed E-state index contributed by atoms with van der Waals surface area (Å²) in [6, 6.07) is 18.1. The first-order valence-electron chi connectivity index (χ1n) is 12.8. The van der Waals surface area contributed by atoms with Gasteiger partial charge >= 0.3 is 0 Å². The third kappa shape index (κ3) is 7.90. The molecule has 3 rings (SSSR count). The molecule has 2 amide bonds. The lowest BCUT2D eigenvalue weighted by Gasteiger charge is -2.32. The van der Waals surface area contributed by atoms with Crippen LogP contribution in [0.5, 0.6) is 5.75 Å². The first kappa shape index (κ1) is 31.3. The van der Waals surface area contributed by atoms with Gasteiger partial charge in [0.2, 0.25) is 11.8 Å². The fourth-order valence-electron chi connectivity index (χ4n) is 4.01. The molecule has 0 bridgehead atoms. The van der Waals surface area contributed by atoms with Gasteiger partial charge in [0, 0.05) is 22.6 Å². The van der Waals surface area contributed by atoms with E-state index in [1.807, 2.05) is 13.8 Å². The molecule has 0 fully saturated rings. The van der Waals surface area contributed by atoms with Gasteiger partial charge in [-0.05, 0) is 81.8 Å². The summed E-state index contributed by atoms with van der Waals surface area (Å²) in [5, 5.41) is 3.67. The van der Waals surface area contributed by atoms with Crippen LogP contribution in [0.2, 0.25) is 10.0 Å². The summed E-state index contributed by atoms with van der Waals surface area (Å²) in [7, 11) is -4.26. The van der Waals surface area contributed by atoms with E-state index in [9.17, 15) is 18.0 Å². The molecule has 1 atom stereocenters. The van der Waals surface area contributed by atoms with E-state index in [0.29, 0.717) is 21.4 Å². The van der Waals surface area contributed by atoms with E-state index in [0.717, 1.165) is 4.31 Å². The number of benzene rings is 3. The topological polar surface area (TPSA) is 96.0 Å². The highest BCUT2D eigenvalue weighted by molar-refractivity contribution is 7.92. The van der Waals surface area contributed by atoms with Crippen molar-refractivity contribution in [1.29, 1.82) is 0 Å². The van der Waals surface area contributed by atoms with Crippen molar-refractivity contribution >= 4 is 50.7 Å². The van der Waals surface area contributed by atoms with Gasteiger partial charge in [-0.2, -0.15) is 0 Å². The Kier molecular flexibility index (Phi) is 10.8. The molecule has 40 heavy (non-hydrogen) atoms. The molecule has 0 aromatic heterocycles. The van der Waals surface area contributed by atoms with Gasteiger partial charge in [-0.25, -0.2) is 8.42 Å². The molecule has 214 valence electrons. The molecule has 0 spiro atoms. The molecule has 8 nitrogen and oxygen atoms in total. The number of halogens is 2. The normalized spacial score (nSPS) is 12.1. The number of rotatable bonds is 12. The second kappa shape index (κ2) is 13.9. The summed E-state index contributed by atoms with van der Waals surface area (Å²) in [5.74, 6) is -0.662. The van der Waals surface area contributed by atoms with E-state index in [1.165, 1.54) is 29.2 Å². The highest BCUT2D eigenvalue weighted by atomic mass is 35.5. The van der Waals surface area contributed by atoms with Crippen molar-refractivity contribution in [2.24, 2.45) is 0 Å². The molecule has 0 aliphatic rings. The zero-order chi connectivity index (χ0) is 29.4. The largest absolute Gasteiger partial charge is 0.492 e. The fourth-order valence-corrected chi connectivity index (χ4v) is 5.77. The predicted octanol–water partition coefficient (Wildman–Crippen LogP) is 5.53. The molecule has 3 aromatic carbocycles. The minimum absolute atomic E-state index is 0.0357. The first-order valence-corrected chi connectivity index (χ1v) is 15.0. The number of nitrogens with zero attached hydrogens (tertiary/aromatic N) is 2.